The number of phosphoric ester groups is 1. The first-order valence-electron chi connectivity index (χ1n) is 17.5. The van der Waals surface area contributed by atoms with Crippen molar-refractivity contribution in [2.24, 2.45) is 5.92 Å². The number of rotatable bonds is 30. The molecule has 0 fully saturated rings. The molecule has 47 heavy (non-hydrogen) atoms. The van der Waals surface area contributed by atoms with Crippen molar-refractivity contribution in [1.29, 1.82) is 0 Å². The summed E-state index contributed by atoms with van der Waals surface area (Å²) in [7, 11) is -4.77. The summed E-state index contributed by atoms with van der Waals surface area (Å²) in [4.78, 5) is 42.5. The summed E-state index contributed by atoms with van der Waals surface area (Å²) in [5, 5.41) is 9.72. The van der Waals surface area contributed by atoms with Crippen LogP contribution in [0.25, 0.3) is 0 Å². The van der Waals surface area contributed by atoms with Gasteiger partial charge in [0, 0.05) is 12.8 Å². The maximum absolute atomic E-state index is 12.3. The van der Waals surface area contributed by atoms with Crippen LogP contribution in [-0.4, -0.2) is 52.3 Å². The number of carbonyl (C=O) groups excluding carboxylic acids is 2. The van der Waals surface area contributed by atoms with Crippen LogP contribution in [0.4, 0.5) is 0 Å². The van der Waals surface area contributed by atoms with Crippen molar-refractivity contribution < 1.29 is 43.0 Å². The van der Waals surface area contributed by atoms with Crippen LogP contribution >= 0.6 is 7.82 Å². The van der Waals surface area contributed by atoms with Crippen molar-refractivity contribution in [3.63, 3.8) is 0 Å². The van der Waals surface area contributed by atoms with Crippen LogP contribution in [-0.2, 0) is 28.2 Å². The molecule has 0 radical (unpaired) electrons. The Labute approximate surface area is 284 Å². The lowest BCUT2D eigenvalue weighted by molar-refractivity contribution is -0.161. The van der Waals surface area contributed by atoms with Crippen molar-refractivity contribution >= 4 is 19.8 Å². The zero-order valence-corrected chi connectivity index (χ0v) is 30.1. The number of unbranched alkanes of at least 4 members (excludes halogenated alkanes) is 8. The molecule has 0 saturated carbocycles. The highest BCUT2D eigenvalue weighted by molar-refractivity contribution is 7.46. The number of esters is 2. The van der Waals surface area contributed by atoms with Crippen molar-refractivity contribution in [2.45, 2.75) is 142 Å². The Morgan fingerprint density at radius 2 is 1.32 bits per heavy atom. The summed E-state index contributed by atoms with van der Waals surface area (Å²) in [6.07, 6.45) is 33.1. The minimum absolute atomic E-state index is 0.114. The molecule has 3 N–H and O–H groups in total. The predicted molar refractivity (Wildman–Crippen MR) is 190 cm³/mol. The summed E-state index contributed by atoms with van der Waals surface area (Å²) in [6.45, 7) is 5.64. The number of allylic oxidation sites excluding steroid dienone is 8. The number of carbonyl (C=O) groups is 2. The molecule has 1 unspecified atom stereocenters. The third-order valence-corrected chi connectivity index (χ3v) is 7.54. The Balaban J connectivity index is 4.17. The maximum Gasteiger partial charge on any atom is 0.469 e. The van der Waals surface area contributed by atoms with E-state index in [1.165, 1.54) is 32.1 Å². The molecule has 0 bridgehead atoms. The largest absolute Gasteiger partial charge is 0.469 e. The standard InChI is InChI=1S/C37H63O9P/c1-4-5-27-34(38)28-23-19-15-10-8-6-7-9-11-17-21-25-30-37(40)46-35(32-45-47(41,42)43)31-44-36(39)29-24-20-16-13-12-14-18-22-26-33(2)3/h5-7,10-11,15,17,19,23,27,33-35,38H,4,8-9,12-14,16,18,20-22,24-26,28-32H2,1-3H3,(H2,41,42,43)/b7-6-,15-10-,17-11-,23-19+,27-5-/t34?,35-/m1/s1. The average molecular weight is 683 g/mol. The summed E-state index contributed by atoms with van der Waals surface area (Å²) in [5.74, 6) is -0.220. The highest BCUT2D eigenvalue weighted by Gasteiger charge is 2.22. The van der Waals surface area contributed by atoms with Gasteiger partial charge >= 0.3 is 19.8 Å². The fraction of sp³-hybridized carbons (Fsp3) is 0.676. The number of phosphoric acid groups is 1. The highest BCUT2D eigenvalue weighted by Crippen LogP contribution is 2.35. The van der Waals surface area contributed by atoms with E-state index in [0.29, 0.717) is 25.7 Å². The van der Waals surface area contributed by atoms with Gasteiger partial charge in [0.15, 0.2) is 6.10 Å². The van der Waals surface area contributed by atoms with Crippen LogP contribution in [0.2, 0.25) is 0 Å². The number of aliphatic hydroxyl groups excluding tert-OH is 1. The van der Waals surface area contributed by atoms with E-state index in [-0.39, 0.29) is 19.4 Å². The molecule has 0 saturated heterocycles. The molecule has 0 rings (SSSR count). The molecule has 0 aromatic rings. The van der Waals surface area contributed by atoms with Gasteiger partial charge in [-0.3, -0.25) is 14.1 Å². The zero-order valence-electron chi connectivity index (χ0n) is 29.2. The van der Waals surface area contributed by atoms with Crippen molar-refractivity contribution in [2.75, 3.05) is 13.2 Å². The summed E-state index contributed by atoms with van der Waals surface area (Å²) < 4.78 is 26.2. The van der Waals surface area contributed by atoms with E-state index < -0.39 is 38.6 Å². The second-order valence-corrected chi connectivity index (χ2v) is 13.4. The SMILES string of the molecule is CC/C=C\C(O)C/C=C/C=C\C/C=C\C/C=C\CCCC(=O)O[C@H](COC(=O)CCCCCCCCCCC(C)C)COP(=O)(O)O. The molecule has 0 aromatic heterocycles. The van der Waals surface area contributed by atoms with E-state index in [4.69, 9.17) is 19.3 Å². The van der Waals surface area contributed by atoms with Gasteiger partial charge in [-0.15, -0.1) is 0 Å². The third-order valence-electron chi connectivity index (χ3n) is 7.05. The summed E-state index contributed by atoms with van der Waals surface area (Å²) in [5.41, 5.74) is 0. The number of hydrogen-bond donors (Lipinski definition) is 3. The molecule has 0 spiro atoms. The Kier molecular flexibility index (Phi) is 29.5. The minimum Gasteiger partial charge on any atom is -0.462 e. The summed E-state index contributed by atoms with van der Waals surface area (Å²) in [6, 6.07) is 0. The van der Waals surface area contributed by atoms with Gasteiger partial charge in [-0.1, -0.05) is 133 Å². The van der Waals surface area contributed by atoms with Crippen LogP contribution in [0.5, 0.6) is 0 Å². The number of ether oxygens (including phenoxy) is 2. The number of hydrogen-bond acceptors (Lipinski definition) is 7. The van der Waals surface area contributed by atoms with E-state index in [1.807, 2.05) is 55.5 Å². The van der Waals surface area contributed by atoms with E-state index in [0.717, 1.165) is 44.4 Å². The minimum atomic E-state index is -4.77. The highest BCUT2D eigenvalue weighted by atomic mass is 31.2. The Hall–Kier alpha value is -2.29. The lowest BCUT2D eigenvalue weighted by Gasteiger charge is -2.18. The maximum atomic E-state index is 12.3. The van der Waals surface area contributed by atoms with Gasteiger partial charge in [-0.05, 0) is 50.9 Å². The predicted octanol–water partition coefficient (Wildman–Crippen LogP) is 9.00. The molecule has 2 atom stereocenters. The van der Waals surface area contributed by atoms with E-state index in [9.17, 15) is 19.3 Å². The molecule has 0 aromatic carbocycles. The van der Waals surface area contributed by atoms with Gasteiger partial charge in [0.25, 0.3) is 0 Å². The zero-order chi connectivity index (χ0) is 35.0. The van der Waals surface area contributed by atoms with Crippen molar-refractivity contribution in [3.05, 3.63) is 60.8 Å². The monoisotopic (exact) mass is 682 g/mol. The average Bonchev–Trinajstić information content (AvgIpc) is 3.01. The lowest BCUT2D eigenvalue weighted by Crippen LogP contribution is -2.29. The molecule has 9 nitrogen and oxygen atoms in total. The van der Waals surface area contributed by atoms with Crippen molar-refractivity contribution in [1.82, 2.24) is 0 Å². The molecular weight excluding hydrogens is 619 g/mol. The number of aliphatic hydroxyl groups is 1. The fourth-order valence-electron chi connectivity index (χ4n) is 4.44. The molecular formula is C37H63O9P. The second kappa shape index (κ2) is 31.0. The first kappa shape index (κ1) is 44.7. The fourth-order valence-corrected chi connectivity index (χ4v) is 4.80. The van der Waals surface area contributed by atoms with Crippen molar-refractivity contribution in [3.8, 4) is 0 Å². The Morgan fingerprint density at radius 3 is 1.98 bits per heavy atom. The van der Waals surface area contributed by atoms with E-state index in [2.05, 4.69) is 30.5 Å². The Bertz CT molecular complexity index is 978. The van der Waals surface area contributed by atoms with E-state index >= 15 is 0 Å². The van der Waals surface area contributed by atoms with Gasteiger partial charge in [-0.2, -0.15) is 0 Å². The van der Waals surface area contributed by atoms with Gasteiger partial charge < -0.3 is 24.4 Å². The smallest absolute Gasteiger partial charge is 0.462 e. The van der Waals surface area contributed by atoms with E-state index in [1.54, 1.807) is 0 Å². The lowest BCUT2D eigenvalue weighted by atomic mass is 10.0. The second-order valence-electron chi connectivity index (χ2n) is 12.1. The van der Waals surface area contributed by atoms with Gasteiger partial charge in [0.1, 0.15) is 6.61 Å². The van der Waals surface area contributed by atoms with Crippen LogP contribution in [0.1, 0.15) is 130 Å². The normalized spacial score (nSPS) is 14.0. The molecule has 0 aliphatic heterocycles. The molecule has 0 heterocycles. The van der Waals surface area contributed by atoms with Crippen LogP contribution in [0, 0.1) is 5.92 Å². The third kappa shape index (κ3) is 34.9. The summed E-state index contributed by atoms with van der Waals surface area (Å²) >= 11 is 0. The molecule has 10 heteroatoms. The molecule has 0 aliphatic carbocycles. The van der Waals surface area contributed by atoms with Gasteiger partial charge in [0.05, 0.1) is 12.7 Å². The van der Waals surface area contributed by atoms with Gasteiger partial charge in [-0.25, -0.2) is 4.57 Å². The molecule has 0 aliphatic rings. The first-order chi connectivity index (χ1) is 22.5. The van der Waals surface area contributed by atoms with Gasteiger partial charge in [0.2, 0.25) is 0 Å². The Morgan fingerprint density at radius 1 is 0.723 bits per heavy atom. The van der Waals surface area contributed by atoms with Crippen LogP contribution in [0.15, 0.2) is 60.8 Å². The quantitative estimate of drug-likeness (QED) is 0.0223. The van der Waals surface area contributed by atoms with Crippen LogP contribution in [0.3, 0.4) is 0 Å². The molecule has 0 amide bonds. The molecule has 270 valence electrons. The first-order valence-corrected chi connectivity index (χ1v) is 19.1. The topological polar surface area (TPSA) is 140 Å². The van der Waals surface area contributed by atoms with Crippen LogP contribution < -0.4 is 0 Å².